The number of furan rings is 1. The van der Waals surface area contributed by atoms with Crippen molar-refractivity contribution in [2.45, 2.75) is 13.8 Å². The molecule has 0 spiro atoms. The lowest BCUT2D eigenvalue weighted by atomic mass is 10.3. The van der Waals surface area contributed by atoms with Gasteiger partial charge in [-0.05, 0) is 26.0 Å². The minimum atomic E-state index is 0.844. The largest absolute Gasteiger partial charge is 0.464 e. The zero-order chi connectivity index (χ0) is 10.2. The SMILES string of the molecule is CCOCC.c1ccc2occc2c1. The zero-order valence-electron chi connectivity index (χ0n) is 8.69. The van der Waals surface area contributed by atoms with Crippen LogP contribution in [0, 0.1) is 0 Å². The standard InChI is InChI=1S/C8H6O.C4H10O/c1-2-4-8-7(3-1)5-6-9-8;1-3-5-4-2/h1-6H;3-4H2,1-2H3. The number of ether oxygens (including phenoxy) is 1. The topological polar surface area (TPSA) is 22.4 Å². The van der Waals surface area contributed by atoms with Crippen LogP contribution in [0.3, 0.4) is 0 Å². The summed E-state index contributed by atoms with van der Waals surface area (Å²) in [6.07, 6.45) is 1.70. The van der Waals surface area contributed by atoms with Crippen molar-refractivity contribution in [2.24, 2.45) is 0 Å². The molecule has 0 amide bonds. The van der Waals surface area contributed by atoms with Gasteiger partial charge in [-0.3, -0.25) is 0 Å². The van der Waals surface area contributed by atoms with Crippen LogP contribution in [0.1, 0.15) is 13.8 Å². The molecule has 2 rings (SSSR count). The van der Waals surface area contributed by atoms with Crippen LogP contribution >= 0.6 is 0 Å². The summed E-state index contributed by atoms with van der Waals surface area (Å²) in [7, 11) is 0. The third-order valence-corrected chi connectivity index (χ3v) is 1.77. The number of para-hydroxylation sites is 1. The van der Waals surface area contributed by atoms with Crippen LogP contribution in [0.2, 0.25) is 0 Å². The van der Waals surface area contributed by atoms with E-state index in [-0.39, 0.29) is 0 Å². The molecule has 2 nitrogen and oxygen atoms in total. The van der Waals surface area contributed by atoms with Gasteiger partial charge in [0.15, 0.2) is 0 Å². The van der Waals surface area contributed by atoms with Gasteiger partial charge in [0, 0.05) is 18.6 Å². The summed E-state index contributed by atoms with van der Waals surface area (Å²) in [5, 5.41) is 1.16. The lowest BCUT2D eigenvalue weighted by molar-refractivity contribution is 0.162. The highest BCUT2D eigenvalue weighted by Gasteiger charge is 1.89. The summed E-state index contributed by atoms with van der Waals surface area (Å²) in [5.41, 5.74) is 0.956. The summed E-state index contributed by atoms with van der Waals surface area (Å²) in [4.78, 5) is 0. The second-order valence-corrected chi connectivity index (χ2v) is 2.74. The van der Waals surface area contributed by atoms with Gasteiger partial charge in [-0.2, -0.15) is 0 Å². The molecule has 0 aliphatic carbocycles. The van der Waals surface area contributed by atoms with E-state index >= 15 is 0 Å². The van der Waals surface area contributed by atoms with Crippen LogP contribution in [-0.2, 0) is 4.74 Å². The normalized spacial score (nSPS) is 9.57. The molecule has 0 unspecified atom stereocenters. The average Bonchev–Trinajstić information content (AvgIpc) is 2.67. The number of hydrogen-bond donors (Lipinski definition) is 0. The Labute approximate surface area is 84.5 Å². The average molecular weight is 192 g/mol. The first-order chi connectivity index (χ1) is 6.88. The van der Waals surface area contributed by atoms with Crippen molar-refractivity contribution in [3.8, 4) is 0 Å². The summed E-state index contributed by atoms with van der Waals surface area (Å²) in [6, 6.07) is 9.90. The maximum absolute atomic E-state index is 5.12. The van der Waals surface area contributed by atoms with Crippen molar-refractivity contribution < 1.29 is 9.15 Å². The molecular formula is C12H16O2. The van der Waals surface area contributed by atoms with Gasteiger partial charge in [-0.25, -0.2) is 0 Å². The molecule has 0 atom stereocenters. The van der Waals surface area contributed by atoms with E-state index in [1.165, 1.54) is 0 Å². The van der Waals surface area contributed by atoms with E-state index in [1.54, 1.807) is 6.26 Å². The highest BCUT2D eigenvalue weighted by Crippen LogP contribution is 2.12. The molecule has 1 aromatic heterocycles. The third kappa shape index (κ3) is 3.23. The van der Waals surface area contributed by atoms with Crippen LogP contribution in [0.4, 0.5) is 0 Å². The number of fused-ring (bicyclic) bond motifs is 1. The van der Waals surface area contributed by atoms with E-state index in [9.17, 15) is 0 Å². The van der Waals surface area contributed by atoms with E-state index in [1.807, 2.05) is 44.2 Å². The van der Waals surface area contributed by atoms with Crippen molar-refractivity contribution >= 4 is 11.0 Å². The van der Waals surface area contributed by atoms with Crippen molar-refractivity contribution in [1.82, 2.24) is 0 Å². The number of hydrogen-bond acceptors (Lipinski definition) is 2. The Hall–Kier alpha value is -1.28. The van der Waals surface area contributed by atoms with E-state index < -0.39 is 0 Å². The number of benzene rings is 1. The molecule has 2 aromatic rings. The molecule has 1 aromatic carbocycles. The Bertz CT molecular complexity index is 320. The molecular weight excluding hydrogens is 176 g/mol. The molecule has 0 N–H and O–H groups in total. The molecule has 14 heavy (non-hydrogen) atoms. The van der Waals surface area contributed by atoms with Gasteiger partial charge in [0.2, 0.25) is 0 Å². The highest BCUT2D eigenvalue weighted by molar-refractivity contribution is 5.76. The van der Waals surface area contributed by atoms with Gasteiger partial charge in [-0.15, -0.1) is 0 Å². The van der Waals surface area contributed by atoms with Crippen LogP contribution in [-0.4, -0.2) is 13.2 Å². The molecule has 0 saturated heterocycles. The molecule has 2 heteroatoms. The predicted molar refractivity (Wildman–Crippen MR) is 58.4 cm³/mol. The Morgan fingerprint density at radius 3 is 2.36 bits per heavy atom. The van der Waals surface area contributed by atoms with Gasteiger partial charge in [0.25, 0.3) is 0 Å². The zero-order valence-corrected chi connectivity index (χ0v) is 8.69. The molecule has 1 heterocycles. The molecule has 0 aliphatic heterocycles. The van der Waals surface area contributed by atoms with Crippen molar-refractivity contribution in [1.29, 1.82) is 0 Å². The fourth-order valence-electron chi connectivity index (χ4n) is 1.11. The highest BCUT2D eigenvalue weighted by atomic mass is 16.5. The van der Waals surface area contributed by atoms with Crippen molar-refractivity contribution in [3.63, 3.8) is 0 Å². The smallest absolute Gasteiger partial charge is 0.133 e. The first-order valence-electron chi connectivity index (χ1n) is 4.88. The molecule has 0 saturated carbocycles. The Morgan fingerprint density at radius 1 is 1.07 bits per heavy atom. The second kappa shape index (κ2) is 6.22. The van der Waals surface area contributed by atoms with E-state index in [0.717, 1.165) is 24.2 Å². The first kappa shape index (κ1) is 10.8. The Morgan fingerprint density at radius 2 is 1.79 bits per heavy atom. The van der Waals surface area contributed by atoms with Crippen molar-refractivity contribution in [2.75, 3.05) is 13.2 Å². The molecule has 0 fully saturated rings. The molecule has 0 bridgehead atoms. The quantitative estimate of drug-likeness (QED) is 0.726. The van der Waals surface area contributed by atoms with Crippen LogP contribution in [0.15, 0.2) is 41.0 Å². The predicted octanol–water partition coefficient (Wildman–Crippen LogP) is 3.48. The lowest BCUT2D eigenvalue weighted by Crippen LogP contribution is -1.84. The molecule has 76 valence electrons. The summed E-state index contributed by atoms with van der Waals surface area (Å²) >= 11 is 0. The summed E-state index contributed by atoms with van der Waals surface area (Å²) in [5.74, 6) is 0. The van der Waals surface area contributed by atoms with Crippen LogP contribution in [0.5, 0.6) is 0 Å². The fraction of sp³-hybridized carbons (Fsp3) is 0.333. The van der Waals surface area contributed by atoms with Gasteiger partial charge < -0.3 is 9.15 Å². The lowest BCUT2D eigenvalue weighted by Gasteiger charge is -1.86. The summed E-state index contributed by atoms with van der Waals surface area (Å²) < 4.78 is 9.95. The fourth-order valence-corrected chi connectivity index (χ4v) is 1.11. The van der Waals surface area contributed by atoms with Crippen LogP contribution < -0.4 is 0 Å². The maximum Gasteiger partial charge on any atom is 0.133 e. The van der Waals surface area contributed by atoms with E-state index in [4.69, 9.17) is 9.15 Å². The second-order valence-electron chi connectivity index (χ2n) is 2.74. The van der Waals surface area contributed by atoms with Crippen molar-refractivity contribution in [3.05, 3.63) is 36.6 Å². The number of rotatable bonds is 2. The van der Waals surface area contributed by atoms with Gasteiger partial charge in [0.1, 0.15) is 5.58 Å². The van der Waals surface area contributed by atoms with Gasteiger partial charge >= 0.3 is 0 Å². The first-order valence-corrected chi connectivity index (χ1v) is 4.88. The monoisotopic (exact) mass is 192 g/mol. The molecule has 0 radical (unpaired) electrons. The van der Waals surface area contributed by atoms with E-state index in [2.05, 4.69) is 0 Å². The minimum absolute atomic E-state index is 0.844. The Kier molecular flexibility index (Phi) is 4.79. The maximum atomic E-state index is 5.12. The van der Waals surface area contributed by atoms with E-state index in [0.29, 0.717) is 0 Å². The van der Waals surface area contributed by atoms with Gasteiger partial charge in [0.05, 0.1) is 6.26 Å². The Balaban J connectivity index is 0.000000171. The summed E-state index contributed by atoms with van der Waals surface area (Å²) in [6.45, 7) is 5.67. The van der Waals surface area contributed by atoms with Crippen LogP contribution in [0.25, 0.3) is 11.0 Å². The third-order valence-electron chi connectivity index (χ3n) is 1.77. The minimum Gasteiger partial charge on any atom is -0.464 e. The van der Waals surface area contributed by atoms with Gasteiger partial charge in [-0.1, -0.05) is 18.2 Å². The molecule has 0 aliphatic rings.